The monoisotopic (exact) mass is 291 g/mol. The second kappa shape index (κ2) is 8.42. The lowest BCUT2D eigenvalue weighted by Crippen LogP contribution is -2.37. The first-order valence-corrected chi connectivity index (χ1v) is 7.39. The Bertz CT molecular complexity index is 486. The smallest absolute Gasteiger partial charge is 0.253 e. The van der Waals surface area contributed by atoms with E-state index in [1.54, 1.807) is 24.3 Å². The topological polar surface area (TPSA) is 84.2 Å². The lowest BCUT2D eigenvalue weighted by atomic mass is 10.0. The van der Waals surface area contributed by atoms with Crippen molar-refractivity contribution < 1.29 is 9.59 Å². The highest BCUT2D eigenvalue weighted by atomic mass is 16.2. The molecule has 0 unspecified atom stereocenters. The second-order valence-corrected chi connectivity index (χ2v) is 5.53. The molecule has 0 aliphatic rings. The van der Waals surface area contributed by atoms with Gasteiger partial charge in [0.25, 0.3) is 5.91 Å². The van der Waals surface area contributed by atoms with Crippen LogP contribution in [0.3, 0.4) is 0 Å². The third-order valence-corrected chi connectivity index (χ3v) is 3.03. The zero-order chi connectivity index (χ0) is 15.8. The number of hydrogen-bond donors (Lipinski definition) is 3. The molecule has 0 fully saturated rings. The van der Waals surface area contributed by atoms with E-state index in [0.29, 0.717) is 30.1 Å². The molecule has 21 heavy (non-hydrogen) atoms. The minimum absolute atomic E-state index is 0.190. The van der Waals surface area contributed by atoms with Crippen molar-refractivity contribution in [2.24, 2.45) is 11.7 Å². The SMILES string of the molecule is CCCNC(=O)c1ccccc1NC(=O)[C@@H](N)CC(C)C. The number of rotatable bonds is 7. The first-order chi connectivity index (χ1) is 9.95. The Labute approximate surface area is 126 Å². The summed E-state index contributed by atoms with van der Waals surface area (Å²) in [4.78, 5) is 24.1. The fourth-order valence-corrected chi connectivity index (χ4v) is 1.96. The fourth-order valence-electron chi connectivity index (χ4n) is 1.96. The van der Waals surface area contributed by atoms with E-state index >= 15 is 0 Å². The lowest BCUT2D eigenvalue weighted by Gasteiger charge is -2.16. The molecule has 5 heteroatoms. The van der Waals surface area contributed by atoms with Gasteiger partial charge in [-0.1, -0.05) is 32.9 Å². The van der Waals surface area contributed by atoms with Gasteiger partial charge in [0.05, 0.1) is 17.3 Å². The number of para-hydroxylation sites is 1. The number of benzene rings is 1. The summed E-state index contributed by atoms with van der Waals surface area (Å²) in [5.74, 6) is -0.113. The standard InChI is InChI=1S/C16H25N3O2/c1-4-9-18-15(20)12-7-5-6-8-14(12)19-16(21)13(17)10-11(2)3/h5-8,11,13H,4,9-10,17H2,1-3H3,(H,18,20)(H,19,21)/t13-/m0/s1. The molecular weight excluding hydrogens is 266 g/mol. The largest absolute Gasteiger partial charge is 0.352 e. The Morgan fingerprint density at radius 1 is 1.24 bits per heavy atom. The van der Waals surface area contributed by atoms with Crippen LogP contribution in [0.4, 0.5) is 5.69 Å². The molecule has 1 rings (SSSR count). The van der Waals surface area contributed by atoms with Gasteiger partial charge >= 0.3 is 0 Å². The van der Waals surface area contributed by atoms with Crippen molar-refractivity contribution in [1.82, 2.24) is 5.32 Å². The molecule has 0 radical (unpaired) electrons. The van der Waals surface area contributed by atoms with E-state index in [-0.39, 0.29) is 11.8 Å². The number of anilines is 1. The molecule has 1 aromatic carbocycles. The Balaban J connectivity index is 2.79. The van der Waals surface area contributed by atoms with Gasteiger partial charge in [0, 0.05) is 6.54 Å². The van der Waals surface area contributed by atoms with Gasteiger partial charge in [0.15, 0.2) is 0 Å². The van der Waals surface area contributed by atoms with Gasteiger partial charge in [0.1, 0.15) is 0 Å². The predicted molar refractivity (Wildman–Crippen MR) is 85.1 cm³/mol. The highest BCUT2D eigenvalue weighted by Crippen LogP contribution is 2.16. The van der Waals surface area contributed by atoms with Gasteiger partial charge < -0.3 is 16.4 Å². The Morgan fingerprint density at radius 2 is 1.90 bits per heavy atom. The summed E-state index contributed by atoms with van der Waals surface area (Å²) >= 11 is 0. The normalized spacial score (nSPS) is 12.0. The van der Waals surface area contributed by atoms with Crippen LogP contribution in [0, 0.1) is 5.92 Å². The van der Waals surface area contributed by atoms with Crippen molar-refractivity contribution in [1.29, 1.82) is 0 Å². The molecule has 0 aliphatic heterocycles. The highest BCUT2D eigenvalue weighted by Gasteiger charge is 2.18. The summed E-state index contributed by atoms with van der Waals surface area (Å²) in [5.41, 5.74) is 6.81. The van der Waals surface area contributed by atoms with E-state index in [2.05, 4.69) is 10.6 Å². The van der Waals surface area contributed by atoms with E-state index in [1.807, 2.05) is 20.8 Å². The van der Waals surface area contributed by atoms with Gasteiger partial charge in [0.2, 0.25) is 5.91 Å². The lowest BCUT2D eigenvalue weighted by molar-refractivity contribution is -0.117. The summed E-state index contributed by atoms with van der Waals surface area (Å²) in [6.07, 6.45) is 1.47. The van der Waals surface area contributed by atoms with Crippen molar-refractivity contribution in [3.63, 3.8) is 0 Å². The average molecular weight is 291 g/mol. The number of amides is 2. The van der Waals surface area contributed by atoms with E-state index in [9.17, 15) is 9.59 Å². The molecule has 0 bridgehead atoms. The second-order valence-electron chi connectivity index (χ2n) is 5.53. The molecule has 1 aromatic rings. The zero-order valence-electron chi connectivity index (χ0n) is 13.0. The van der Waals surface area contributed by atoms with Crippen LogP contribution in [0.15, 0.2) is 24.3 Å². The van der Waals surface area contributed by atoms with Crippen LogP contribution in [0.1, 0.15) is 44.0 Å². The first kappa shape index (κ1) is 17.2. The van der Waals surface area contributed by atoms with Gasteiger partial charge in [-0.15, -0.1) is 0 Å². The summed E-state index contributed by atoms with van der Waals surface area (Å²) in [5, 5.41) is 5.55. The molecule has 4 N–H and O–H groups in total. The fraction of sp³-hybridized carbons (Fsp3) is 0.500. The van der Waals surface area contributed by atoms with Crippen molar-refractivity contribution in [3.8, 4) is 0 Å². The molecule has 116 valence electrons. The Morgan fingerprint density at radius 3 is 2.52 bits per heavy atom. The molecule has 0 aromatic heterocycles. The molecule has 0 aliphatic carbocycles. The van der Waals surface area contributed by atoms with Crippen LogP contribution in [-0.2, 0) is 4.79 Å². The van der Waals surface area contributed by atoms with Gasteiger partial charge in [-0.2, -0.15) is 0 Å². The molecule has 5 nitrogen and oxygen atoms in total. The zero-order valence-corrected chi connectivity index (χ0v) is 13.0. The highest BCUT2D eigenvalue weighted by molar-refractivity contribution is 6.04. The molecule has 0 saturated heterocycles. The summed E-state index contributed by atoms with van der Waals surface area (Å²) < 4.78 is 0. The van der Waals surface area contributed by atoms with E-state index in [1.165, 1.54) is 0 Å². The first-order valence-electron chi connectivity index (χ1n) is 7.39. The van der Waals surface area contributed by atoms with Crippen LogP contribution < -0.4 is 16.4 Å². The van der Waals surface area contributed by atoms with E-state index in [4.69, 9.17) is 5.73 Å². The quantitative estimate of drug-likeness (QED) is 0.719. The third kappa shape index (κ3) is 5.55. The number of carbonyl (C=O) groups is 2. The van der Waals surface area contributed by atoms with Crippen molar-refractivity contribution in [2.75, 3.05) is 11.9 Å². The molecule has 0 heterocycles. The molecular formula is C16H25N3O2. The number of nitrogens with one attached hydrogen (secondary N) is 2. The van der Waals surface area contributed by atoms with Crippen LogP contribution in [0.5, 0.6) is 0 Å². The van der Waals surface area contributed by atoms with Gasteiger partial charge in [-0.05, 0) is 30.9 Å². The molecule has 0 spiro atoms. The molecule has 0 saturated carbocycles. The number of hydrogen-bond acceptors (Lipinski definition) is 3. The predicted octanol–water partition coefficient (Wildman–Crippen LogP) is 2.14. The van der Waals surface area contributed by atoms with Crippen molar-refractivity contribution in [2.45, 2.75) is 39.7 Å². The van der Waals surface area contributed by atoms with Crippen LogP contribution in [-0.4, -0.2) is 24.4 Å². The Hall–Kier alpha value is -1.88. The van der Waals surface area contributed by atoms with Crippen LogP contribution in [0.2, 0.25) is 0 Å². The number of carbonyl (C=O) groups excluding carboxylic acids is 2. The maximum atomic E-state index is 12.1. The average Bonchev–Trinajstić information content (AvgIpc) is 2.44. The Kier molecular flexibility index (Phi) is 6.88. The maximum absolute atomic E-state index is 12.1. The minimum atomic E-state index is -0.572. The third-order valence-electron chi connectivity index (χ3n) is 3.03. The van der Waals surface area contributed by atoms with Crippen molar-refractivity contribution >= 4 is 17.5 Å². The van der Waals surface area contributed by atoms with Gasteiger partial charge in [-0.25, -0.2) is 0 Å². The number of nitrogens with two attached hydrogens (primary N) is 1. The summed E-state index contributed by atoms with van der Waals surface area (Å²) in [6, 6.07) is 6.37. The summed E-state index contributed by atoms with van der Waals surface area (Å²) in [7, 11) is 0. The van der Waals surface area contributed by atoms with Crippen molar-refractivity contribution in [3.05, 3.63) is 29.8 Å². The van der Waals surface area contributed by atoms with E-state index in [0.717, 1.165) is 6.42 Å². The van der Waals surface area contributed by atoms with Gasteiger partial charge in [-0.3, -0.25) is 9.59 Å². The van der Waals surface area contributed by atoms with Crippen LogP contribution in [0.25, 0.3) is 0 Å². The maximum Gasteiger partial charge on any atom is 0.253 e. The van der Waals surface area contributed by atoms with Crippen LogP contribution >= 0.6 is 0 Å². The van der Waals surface area contributed by atoms with E-state index < -0.39 is 6.04 Å². The summed E-state index contributed by atoms with van der Waals surface area (Å²) in [6.45, 7) is 6.62. The molecule has 1 atom stereocenters. The molecule has 2 amide bonds. The minimum Gasteiger partial charge on any atom is -0.352 e.